The second-order valence-electron chi connectivity index (χ2n) is 9.59. The van der Waals surface area contributed by atoms with E-state index in [0.29, 0.717) is 24.2 Å². The number of ether oxygens (including phenoxy) is 2. The molecule has 0 heterocycles. The van der Waals surface area contributed by atoms with Crippen molar-refractivity contribution in [3.05, 3.63) is 35.4 Å². The summed E-state index contributed by atoms with van der Waals surface area (Å²) in [5.74, 6) is -0.900. The average Bonchev–Trinajstić information content (AvgIpc) is 2.81. The summed E-state index contributed by atoms with van der Waals surface area (Å²) in [6, 6.07) is 5.04. The largest absolute Gasteiger partial charge is 0.468 e. The van der Waals surface area contributed by atoms with Crippen molar-refractivity contribution in [2.24, 2.45) is 0 Å². The molecule has 2 N–H and O–H groups in total. The van der Waals surface area contributed by atoms with Crippen LogP contribution in [-0.4, -0.2) is 72.1 Å². The summed E-state index contributed by atoms with van der Waals surface area (Å²) >= 11 is 1.55. The van der Waals surface area contributed by atoms with Crippen LogP contribution in [0.25, 0.3) is 0 Å². The molecule has 202 valence electrons. The summed E-state index contributed by atoms with van der Waals surface area (Å²) in [6.07, 6.45) is 2.14. The van der Waals surface area contributed by atoms with E-state index < -0.39 is 41.6 Å². The van der Waals surface area contributed by atoms with Gasteiger partial charge in [-0.2, -0.15) is 11.8 Å². The molecule has 0 aliphatic heterocycles. The van der Waals surface area contributed by atoms with Gasteiger partial charge in [0.1, 0.15) is 24.2 Å². The summed E-state index contributed by atoms with van der Waals surface area (Å²) in [7, 11) is 1.24. The molecular weight excluding hydrogens is 482 g/mol. The van der Waals surface area contributed by atoms with Crippen LogP contribution in [0.15, 0.2) is 24.3 Å². The third-order valence-electron chi connectivity index (χ3n) is 5.47. The second kappa shape index (κ2) is 14.7. The smallest absolute Gasteiger partial charge is 0.408 e. The van der Waals surface area contributed by atoms with Crippen molar-refractivity contribution in [2.75, 3.05) is 25.7 Å². The first-order valence-electron chi connectivity index (χ1n) is 12.1. The van der Waals surface area contributed by atoms with Gasteiger partial charge in [-0.25, -0.2) is 4.79 Å². The van der Waals surface area contributed by atoms with Gasteiger partial charge >= 0.3 is 12.1 Å². The fourth-order valence-corrected chi connectivity index (χ4v) is 3.91. The minimum atomic E-state index is -1.02. The van der Waals surface area contributed by atoms with Crippen molar-refractivity contribution in [3.63, 3.8) is 0 Å². The van der Waals surface area contributed by atoms with Crippen LogP contribution in [0.4, 0.5) is 4.79 Å². The minimum absolute atomic E-state index is 0.327. The van der Waals surface area contributed by atoms with Crippen LogP contribution in [0.3, 0.4) is 0 Å². The van der Waals surface area contributed by atoms with Gasteiger partial charge in [-0.3, -0.25) is 14.4 Å². The number of nitrogens with zero attached hydrogens (tertiary/aromatic N) is 1. The summed E-state index contributed by atoms with van der Waals surface area (Å²) in [5.41, 5.74) is 0.863. The van der Waals surface area contributed by atoms with Crippen molar-refractivity contribution < 1.29 is 28.7 Å². The summed E-state index contributed by atoms with van der Waals surface area (Å²) < 4.78 is 10.0. The van der Waals surface area contributed by atoms with Crippen LogP contribution >= 0.6 is 11.8 Å². The van der Waals surface area contributed by atoms with Crippen LogP contribution in [0.2, 0.25) is 0 Å². The molecule has 1 aromatic carbocycles. The first-order valence-corrected chi connectivity index (χ1v) is 13.5. The summed E-state index contributed by atoms with van der Waals surface area (Å²) in [4.78, 5) is 53.2. The highest BCUT2D eigenvalue weighted by Crippen LogP contribution is 2.27. The number of methoxy groups -OCH3 is 1. The van der Waals surface area contributed by atoms with Crippen molar-refractivity contribution in [3.8, 4) is 0 Å². The van der Waals surface area contributed by atoms with Crippen LogP contribution in [-0.2, 0) is 23.9 Å². The molecule has 0 bridgehead atoms. The number of thioether (sulfide) groups is 1. The summed E-state index contributed by atoms with van der Waals surface area (Å²) in [6.45, 7) is 10.6. The zero-order valence-electron chi connectivity index (χ0n) is 22.7. The van der Waals surface area contributed by atoms with Gasteiger partial charge in [-0.15, -0.1) is 0 Å². The number of rotatable bonds is 12. The Balaban J connectivity index is 3.46. The number of carbonyl (C=O) groups excluding carboxylic acids is 4. The van der Waals surface area contributed by atoms with Crippen LogP contribution in [0, 0.1) is 6.92 Å². The molecule has 0 aromatic heterocycles. The van der Waals surface area contributed by atoms with Gasteiger partial charge in [0.05, 0.1) is 7.11 Å². The fourth-order valence-electron chi connectivity index (χ4n) is 3.43. The third-order valence-corrected chi connectivity index (χ3v) is 6.12. The van der Waals surface area contributed by atoms with Gasteiger partial charge in [-0.1, -0.05) is 36.8 Å². The molecule has 0 aliphatic carbocycles. The van der Waals surface area contributed by atoms with E-state index in [-0.39, 0.29) is 12.6 Å². The molecule has 0 radical (unpaired) electrons. The Morgan fingerprint density at radius 2 is 1.72 bits per heavy atom. The Bertz CT molecular complexity index is 885. The topological polar surface area (TPSA) is 114 Å². The molecular formula is C26H41N3O6S. The van der Waals surface area contributed by atoms with Crippen molar-refractivity contribution in [1.82, 2.24) is 15.5 Å². The SMILES string of the molecule is CCC(C)N(C(=O)C(CCSC)NC(=O)OC(C)(C)C)C(C(=O)NCC(=O)OC)c1ccc(C)cc1. The Labute approximate surface area is 219 Å². The molecule has 36 heavy (non-hydrogen) atoms. The van der Waals surface area contributed by atoms with E-state index in [4.69, 9.17) is 4.74 Å². The van der Waals surface area contributed by atoms with E-state index in [1.54, 1.807) is 44.7 Å². The van der Waals surface area contributed by atoms with Gasteiger partial charge < -0.3 is 25.0 Å². The monoisotopic (exact) mass is 523 g/mol. The Kier molecular flexibility index (Phi) is 12.8. The molecule has 3 amide bonds. The number of esters is 1. The zero-order chi connectivity index (χ0) is 27.5. The zero-order valence-corrected chi connectivity index (χ0v) is 23.5. The van der Waals surface area contributed by atoms with Crippen molar-refractivity contribution in [2.45, 2.75) is 78.1 Å². The molecule has 0 fully saturated rings. The number of carbonyl (C=O) groups is 4. The van der Waals surface area contributed by atoms with E-state index in [0.717, 1.165) is 5.56 Å². The third kappa shape index (κ3) is 10.1. The predicted molar refractivity (Wildman–Crippen MR) is 142 cm³/mol. The van der Waals surface area contributed by atoms with Crippen LogP contribution in [0.5, 0.6) is 0 Å². The summed E-state index contributed by atoms with van der Waals surface area (Å²) in [5, 5.41) is 5.30. The maximum atomic E-state index is 14.0. The Morgan fingerprint density at radius 1 is 1.11 bits per heavy atom. The lowest BCUT2D eigenvalue weighted by atomic mass is 9.98. The molecule has 3 atom stereocenters. The van der Waals surface area contributed by atoms with E-state index in [1.165, 1.54) is 12.0 Å². The lowest BCUT2D eigenvalue weighted by Gasteiger charge is -2.38. The molecule has 9 nitrogen and oxygen atoms in total. The van der Waals surface area contributed by atoms with Crippen molar-refractivity contribution >= 4 is 35.6 Å². The molecule has 1 rings (SSSR count). The van der Waals surface area contributed by atoms with Gasteiger partial charge in [-0.05, 0) is 65.0 Å². The number of nitrogens with one attached hydrogen (secondary N) is 2. The van der Waals surface area contributed by atoms with E-state index >= 15 is 0 Å². The number of benzene rings is 1. The lowest BCUT2D eigenvalue weighted by Crippen LogP contribution is -2.55. The maximum Gasteiger partial charge on any atom is 0.408 e. The average molecular weight is 524 g/mol. The highest BCUT2D eigenvalue weighted by Gasteiger charge is 2.38. The lowest BCUT2D eigenvalue weighted by molar-refractivity contribution is -0.146. The Hall–Kier alpha value is -2.75. The van der Waals surface area contributed by atoms with Gasteiger partial charge in [0.25, 0.3) is 0 Å². The van der Waals surface area contributed by atoms with E-state index in [2.05, 4.69) is 15.4 Å². The molecule has 0 spiro atoms. The molecule has 0 saturated carbocycles. The Morgan fingerprint density at radius 3 is 2.22 bits per heavy atom. The first-order chi connectivity index (χ1) is 16.8. The maximum absolute atomic E-state index is 14.0. The van der Waals surface area contributed by atoms with Gasteiger partial charge in [0.2, 0.25) is 11.8 Å². The highest BCUT2D eigenvalue weighted by atomic mass is 32.2. The van der Waals surface area contributed by atoms with Gasteiger partial charge in [0.15, 0.2) is 0 Å². The molecule has 0 saturated heterocycles. The van der Waals surface area contributed by atoms with Crippen LogP contribution < -0.4 is 10.6 Å². The highest BCUT2D eigenvalue weighted by molar-refractivity contribution is 7.98. The van der Waals surface area contributed by atoms with Crippen LogP contribution in [0.1, 0.15) is 64.6 Å². The van der Waals surface area contributed by atoms with Gasteiger partial charge in [0, 0.05) is 6.04 Å². The van der Waals surface area contributed by atoms with E-state index in [9.17, 15) is 19.2 Å². The van der Waals surface area contributed by atoms with E-state index in [1.807, 2.05) is 39.2 Å². The first kappa shape index (κ1) is 31.3. The molecule has 10 heteroatoms. The quantitative estimate of drug-likeness (QED) is 0.402. The number of alkyl carbamates (subject to hydrolysis) is 1. The number of amides is 3. The minimum Gasteiger partial charge on any atom is -0.468 e. The number of hydrogen-bond donors (Lipinski definition) is 2. The van der Waals surface area contributed by atoms with Crippen molar-refractivity contribution in [1.29, 1.82) is 0 Å². The number of hydrogen-bond acceptors (Lipinski definition) is 7. The number of aryl methyl sites for hydroxylation is 1. The molecule has 0 aliphatic rings. The predicted octanol–water partition coefficient (Wildman–Crippen LogP) is 3.60. The fraction of sp³-hybridized carbons (Fsp3) is 0.615. The normalized spacial score (nSPS) is 13.7. The molecule has 3 unspecified atom stereocenters. The second-order valence-corrected chi connectivity index (χ2v) is 10.6. The molecule has 1 aromatic rings. The standard InChI is InChI=1S/C26H41N3O6S/c1-9-18(3)29(24(32)20(14-15-36-8)28-25(33)35-26(4,5)6)22(19-12-10-17(2)11-13-19)23(31)27-16-21(30)34-7/h10-13,18,20,22H,9,14-16H2,1-8H3,(H,27,31)(H,28,33).